The number of amides is 4. The molecule has 18 heteroatoms. The Balaban J connectivity index is 0.655. The molecule has 2 aromatic carbocycles. The van der Waals surface area contributed by atoms with Gasteiger partial charge in [0.15, 0.2) is 0 Å². The molecule has 3 N–H and O–H groups in total. The molecule has 16 nitrogen and oxygen atoms in total. The lowest BCUT2D eigenvalue weighted by molar-refractivity contribution is -0.139. The topological polar surface area (TPSA) is 176 Å². The lowest BCUT2D eigenvalue weighted by Crippen LogP contribution is -2.55. The van der Waals surface area contributed by atoms with Crippen LogP contribution in [-0.4, -0.2) is 148 Å². The first-order chi connectivity index (χ1) is 37.9. The van der Waals surface area contributed by atoms with E-state index < -0.39 is 17.7 Å². The van der Waals surface area contributed by atoms with Crippen molar-refractivity contribution in [2.75, 3.05) is 76.9 Å². The fraction of sp³-hybridized carbons (Fsp3) is 0.517. The number of H-pyrrole nitrogens is 1. The smallest absolute Gasteiger partial charge is 0.272 e. The third-order valence-corrected chi connectivity index (χ3v) is 16.9. The summed E-state index contributed by atoms with van der Waals surface area (Å²) in [5.41, 5.74) is 6.48. The van der Waals surface area contributed by atoms with Gasteiger partial charge >= 0.3 is 0 Å². The van der Waals surface area contributed by atoms with Gasteiger partial charge in [-0.25, -0.2) is 13.8 Å². The molecule has 0 bridgehead atoms. The zero-order valence-electron chi connectivity index (χ0n) is 44.9. The summed E-state index contributed by atoms with van der Waals surface area (Å²) < 4.78 is 34.1. The van der Waals surface area contributed by atoms with Crippen LogP contribution >= 0.6 is 0 Å². The number of fused-ring (bicyclic) bond motifs is 1. The number of hydrogen-bond acceptors (Lipinski definition) is 11. The Morgan fingerprint density at radius 2 is 1.50 bits per heavy atom. The first kappa shape index (κ1) is 54.7. The van der Waals surface area contributed by atoms with Crippen molar-refractivity contribution in [3.8, 4) is 0 Å². The number of carbonyl (C=O) groups is 4. The highest BCUT2D eigenvalue weighted by molar-refractivity contribution is 5.98. The van der Waals surface area contributed by atoms with Crippen LogP contribution in [0.25, 0.3) is 11.0 Å². The number of rotatable bonds is 16. The van der Waals surface area contributed by atoms with Gasteiger partial charge in [-0.2, -0.15) is 0 Å². The van der Waals surface area contributed by atoms with E-state index in [-0.39, 0.29) is 66.3 Å². The Morgan fingerprint density at radius 3 is 2.22 bits per heavy atom. The van der Waals surface area contributed by atoms with E-state index in [4.69, 9.17) is 4.74 Å². The van der Waals surface area contributed by atoms with Crippen LogP contribution in [0.3, 0.4) is 0 Å². The highest BCUT2D eigenvalue weighted by atomic mass is 19.1. The number of halogens is 2. The number of nitrogens with zero attached hydrogens (tertiary/aromatic N) is 7. The number of aromatic amines is 1. The predicted molar refractivity (Wildman–Crippen MR) is 294 cm³/mol. The van der Waals surface area contributed by atoms with E-state index in [0.29, 0.717) is 75.4 Å². The molecule has 4 amide bonds. The van der Waals surface area contributed by atoms with Crippen molar-refractivity contribution >= 4 is 40.3 Å². The van der Waals surface area contributed by atoms with Gasteiger partial charge in [0.2, 0.25) is 11.8 Å². The fourth-order valence-electron chi connectivity index (χ4n) is 12.2. The van der Waals surface area contributed by atoms with Crippen molar-refractivity contribution < 1.29 is 32.7 Å². The van der Waals surface area contributed by atoms with Crippen LogP contribution in [0.15, 0.2) is 83.9 Å². The molecule has 5 fully saturated rings. The van der Waals surface area contributed by atoms with Gasteiger partial charge in [0.25, 0.3) is 17.4 Å². The second-order valence-corrected chi connectivity index (χ2v) is 22.1. The summed E-state index contributed by atoms with van der Waals surface area (Å²) in [6.07, 6.45) is 13.9. The van der Waals surface area contributed by atoms with Crippen LogP contribution in [0, 0.1) is 17.6 Å². The average Bonchev–Trinajstić information content (AvgIpc) is 3.47. The molecule has 5 aliphatic rings. The monoisotopic (exact) mass is 1070 g/mol. The zero-order chi connectivity index (χ0) is 54.1. The summed E-state index contributed by atoms with van der Waals surface area (Å²) >= 11 is 0. The molecule has 3 aromatic heterocycles. The molecule has 0 radical (unpaired) electrons. The van der Waals surface area contributed by atoms with Crippen LogP contribution in [-0.2, 0) is 33.8 Å². The maximum absolute atomic E-state index is 14.4. The summed E-state index contributed by atoms with van der Waals surface area (Å²) in [7, 11) is 0. The van der Waals surface area contributed by atoms with Gasteiger partial charge < -0.3 is 40.0 Å². The third-order valence-electron chi connectivity index (χ3n) is 16.9. The number of likely N-dealkylation sites (tertiary alicyclic amines) is 3. The van der Waals surface area contributed by atoms with Crippen molar-refractivity contribution in [3.05, 3.63) is 135 Å². The van der Waals surface area contributed by atoms with Gasteiger partial charge in [0, 0.05) is 113 Å². The highest BCUT2D eigenvalue weighted by Crippen LogP contribution is 2.31. The minimum atomic E-state index is -0.654. The Morgan fingerprint density at radius 1 is 0.744 bits per heavy atom. The Labute approximate surface area is 455 Å². The molecule has 10 rings (SSSR count). The minimum Gasteiger partial charge on any atom is -0.375 e. The van der Waals surface area contributed by atoms with Crippen LogP contribution in [0.2, 0.25) is 0 Å². The van der Waals surface area contributed by atoms with Crippen LogP contribution < -0.4 is 21.1 Å². The number of benzene rings is 2. The third kappa shape index (κ3) is 13.4. The number of aryl methyl sites for hydroxylation is 1. The predicted octanol–water partition coefficient (Wildman–Crippen LogP) is 6.97. The molecule has 4 aliphatic heterocycles. The van der Waals surface area contributed by atoms with E-state index >= 15 is 0 Å². The number of hydrogen-bond donors (Lipinski definition) is 3. The van der Waals surface area contributed by atoms with Gasteiger partial charge in [-0.15, -0.1) is 0 Å². The summed E-state index contributed by atoms with van der Waals surface area (Å²) in [6.45, 7) is 9.60. The van der Waals surface area contributed by atoms with E-state index in [9.17, 15) is 32.8 Å². The van der Waals surface area contributed by atoms with Gasteiger partial charge in [0.1, 0.15) is 23.4 Å². The maximum atomic E-state index is 14.4. The summed E-state index contributed by atoms with van der Waals surface area (Å²) in [6, 6.07) is 18.0. The number of carbonyl (C=O) groups excluding carboxylic acids is 4. The average molecular weight is 1070 g/mol. The molecule has 5 aromatic rings. The van der Waals surface area contributed by atoms with E-state index in [1.54, 1.807) is 17.2 Å². The van der Waals surface area contributed by atoms with Crippen molar-refractivity contribution in [2.24, 2.45) is 5.92 Å². The Hall–Kier alpha value is -6.63. The number of anilines is 1. The van der Waals surface area contributed by atoms with Crippen molar-refractivity contribution in [3.63, 3.8) is 0 Å². The number of piperazine rings is 1. The van der Waals surface area contributed by atoms with Gasteiger partial charge in [-0.1, -0.05) is 44.4 Å². The molecule has 414 valence electrons. The number of nitrogens with one attached hydrogen (secondary N) is 3. The first-order valence-electron chi connectivity index (χ1n) is 28.5. The van der Waals surface area contributed by atoms with E-state index in [0.717, 1.165) is 130 Å². The second-order valence-electron chi connectivity index (χ2n) is 22.1. The van der Waals surface area contributed by atoms with Crippen molar-refractivity contribution in [1.29, 1.82) is 0 Å². The number of piperidine rings is 3. The SMILES string of the molecule is CCc1cc2ncc(CN3CCN(c4ccc(C(=O)N5CCC(OC6CCN(C(=O)[C@H](NC(=O)c7cccc(C8CCCN(C(=O)CNCc9ccc(F)cc9F)C8)c7)C7CCCCC7)CC6)CC5)nc4)CC3)cc2[nH]c1=O. The molecule has 4 saturated heterocycles. The quantitative estimate of drug-likeness (QED) is 0.0931. The van der Waals surface area contributed by atoms with E-state index in [2.05, 4.69) is 35.4 Å². The first-order valence-corrected chi connectivity index (χ1v) is 28.5. The summed E-state index contributed by atoms with van der Waals surface area (Å²) in [5.74, 6) is -1.70. The van der Waals surface area contributed by atoms with Crippen LogP contribution in [0.1, 0.15) is 127 Å². The van der Waals surface area contributed by atoms with Crippen molar-refractivity contribution in [1.82, 2.24) is 45.2 Å². The molecular formula is C60H74F2N10O6. The molecule has 1 saturated carbocycles. The molecule has 7 heterocycles. The molecule has 1 unspecified atom stereocenters. The van der Waals surface area contributed by atoms with Crippen molar-refractivity contribution in [2.45, 2.75) is 121 Å². The van der Waals surface area contributed by atoms with Gasteiger partial charge in [-0.05, 0) is 117 Å². The lowest BCUT2D eigenvalue weighted by atomic mass is 9.83. The van der Waals surface area contributed by atoms with Gasteiger partial charge in [0.05, 0.1) is 41.7 Å². The van der Waals surface area contributed by atoms with E-state index in [1.165, 1.54) is 12.1 Å². The minimum absolute atomic E-state index is 0.00720. The molecule has 0 spiro atoms. The van der Waals surface area contributed by atoms with Crippen LogP contribution in [0.4, 0.5) is 14.5 Å². The molecular weight excluding hydrogens is 995 g/mol. The van der Waals surface area contributed by atoms with Crippen LogP contribution in [0.5, 0.6) is 0 Å². The highest BCUT2D eigenvalue weighted by Gasteiger charge is 2.37. The number of aromatic nitrogens is 3. The Kier molecular flexibility index (Phi) is 17.8. The molecule has 1 aliphatic carbocycles. The second kappa shape index (κ2) is 25.4. The Bertz CT molecular complexity index is 2960. The lowest BCUT2D eigenvalue weighted by Gasteiger charge is -2.39. The summed E-state index contributed by atoms with van der Waals surface area (Å²) in [5, 5.41) is 6.20. The number of pyridine rings is 3. The zero-order valence-corrected chi connectivity index (χ0v) is 44.9. The normalized spacial score (nSPS) is 19.8. The maximum Gasteiger partial charge on any atom is 0.272 e. The van der Waals surface area contributed by atoms with E-state index in [1.807, 2.05) is 65.4 Å². The molecule has 78 heavy (non-hydrogen) atoms. The largest absolute Gasteiger partial charge is 0.375 e. The molecule has 2 atom stereocenters. The standard InChI is InChI=1S/C60H74F2N10O6/c1-2-41-32-53-54(66-57(41)74)30-40(34-64-53)38-68-26-28-69(29-27-68)48-15-16-52(65-36-48)59(76)70-22-17-49(18-23-70)78-50-19-24-71(25-20-50)60(77)56(42-8-4-3-5-9-42)67-58(75)44-11-6-10-43(31-44)46-12-7-21-72(39-46)55(73)37-63-35-45-13-14-47(61)33-51(45)62/h6,10-11,13-16,30-34,36,42,46,49-50,56,63H,2-5,7-9,12,17-29,35,37-39H2,1H3,(H,66,74)(H,67,75)/t46?,56-/m1/s1. The van der Waals surface area contributed by atoms with Gasteiger partial charge in [-0.3, -0.25) is 33.9 Å². The number of ether oxygens (including phenoxy) is 1. The fourth-order valence-corrected chi connectivity index (χ4v) is 12.2. The summed E-state index contributed by atoms with van der Waals surface area (Å²) in [4.78, 5) is 90.2.